The number of benzene rings is 1. The monoisotopic (exact) mass is 313 g/mol. The van der Waals surface area contributed by atoms with Gasteiger partial charge in [-0.25, -0.2) is 0 Å². The minimum Gasteiger partial charge on any atom is -0.358 e. The molecule has 2 aromatic rings. The van der Waals surface area contributed by atoms with Crippen LogP contribution < -0.4 is 11.1 Å². The second-order valence-corrected chi connectivity index (χ2v) is 7.28. The highest BCUT2D eigenvalue weighted by molar-refractivity contribution is 5.85. The zero-order valence-electron chi connectivity index (χ0n) is 14.3. The molecular weight excluding hydrogens is 286 g/mol. The lowest BCUT2D eigenvalue weighted by Crippen LogP contribution is -2.52. The number of hydrogen-bond acceptors (Lipinski definition) is 2. The molecule has 0 saturated heterocycles. The van der Waals surface area contributed by atoms with Crippen LogP contribution in [-0.4, -0.2) is 16.4 Å². The molecule has 0 aliphatic heterocycles. The van der Waals surface area contributed by atoms with Crippen LogP contribution in [0.2, 0.25) is 0 Å². The average molecular weight is 313 g/mol. The maximum atomic E-state index is 12.5. The molecule has 23 heavy (non-hydrogen) atoms. The van der Waals surface area contributed by atoms with E-state index in [1.807, 2.05) is 6.92 Å². The summed E-state index contributed by atoms with van der Waals surface area (Å²) in [5.41, 5.74) is 10.7. The number of nitrogens with two attached hydrogens (primary N) is 1. The predicted molar refractivity (Wildman–Crippen MR) is 94.2 cm³/mol. The molecule has 1 aliphatic carbocycles. The molecule has 1 heterocycles. The molecule has 0 bridgehead atoms. The molecule has 124 valence electrons. The second-order valence-electron chi connectivity index (χ2n) is 7.28. The van der Waals surface area contributed by atoms with Gasteiger partial charge >= 0.3 is 0 Å². The van der Waals surface area contributed by atoms with Crippen LogP contribution in [0.5, 0.6) is 0 Å². The van der Waals surface area contributed by atoms with E-state index in [1.54, 1.807) is 0 Å². The molecule has 1 aromatic carbocycles. The van der Waals surface area contributed by atoms with Crippen LogP contribution >= 0.6 is 0 Å². The fourth-order valence-electron chi connectivity index (χ4n) is 3.72. The zero-order valence-corrected chi connectivity index (χ0v) is 14.3. The number of rotatable bonds is 3. The Morgan fingerprint density at radius 1 is 1.39 bits per heavy atom. The number of nitrogens with one attached hydrogen (secondary N) is 2. The van der Waals surface area contributed by atoms with Gasteiger partial charge in [-0.2, -0.15) is 0 Å². The number of aromatic nitrogens is 1. The average Bonchev–Trinajstić information content (AvgIpc) is 2.79. The van der Waals surface area contributed by atoms with E-state index < -0.39 is 0 Å². The maximum absolute atomic E-state index is 12.5. The maximum Gasteiger partial charge on any atom is 0.225 e. The van der Waals surface area contributed by atoms with Crippen LogP contribution in [0, 0.1) is 19.8 Å². The topological polar surface area (TPSA) is 70.9 Å². The number of carbonyl (C=O) groups excluding carboxylic acids is 1. The molecule has 1 aromatic heterocycles. The van der Waals surface area contributed by atoms with E-state index >= 15 is 0 Å². The predicted octanol–water partition coefficient (Wildman–Crippen LogP) is 3.31. The van der Waals surface area contributed by atoms with Gasteiger partial charge in [-0.3, -0.25) is 4.79 Å². The van der Waals surface area contributed by atoms with Crippen molar-refractivity contribution in [2.24, 2.45) is 11.7 Å². The minimum absolute atomic E-state index is 0.0729. The van der Waals surface area contributed by atoms with Gasteiger partial charge in [0.1, 0.15) is 0 Å². The van der Waals surface area contributed by atoms with Crippen molar-refractivity contribution in [3.05, 3.63) is 35.0 Å². The van der Waals surface area contributed by atoms with Crippen LogP contribution in [-0.2, 0) is 11.3 Å². The van der Waals surface area contributed by atoms with Crippen molar-refractivity contribution in [2.75, 3.05) is 0 Å². The first kappa shape index (κ1) is 16.1. The second kappa shape index (κ2) is 6.00. The van der Waals surface area contributed by atoms with Gasteiger partial charge in [0.15, 0.2) is 0 Å². The van der Waals surface area contributed by atoms with Gasteiger partial charge in [0, 0.05) is 28.7 Å². The third-order valence-electron chi connectivity index (χ3n) is 5.41. The van der Waals surface area contributed by atoms with E-state index in [0.717, 1.165) is 36.8 Å². The molecule has 0 spiro atoms. The molecule has 1 saturated carbocycles. The fraction of sp³-hybridized carbons (Fsp3) is 0.526. The van der Waals surface area contributed by atoms with Crippen molar-refractivity contribution in [1.29, 1.82) is 0 Å². The number of fused-ring (bicyclic) bond motifs is 1. The quantitative estimate of drug-likeness (QED) is 0.813. The molecule has 1 aliphatic rings. The fourth-order valence-corrected chi connectivity index (χ4v) is 3.72. The molecule has 2 atom stereocenters. The lowest BCUT2D eigenvalue weighted by atomic mass is 9.74. The number of amides is 1. The molecule has 1 fully saturated rings. The molecular formula is C19H27N3O. The first-order valence-electron chi connectivity index (χ1n) is 8.53. The number of aromatic amines is 1. The van der Waals surface area contributed by atoms with E-state index in [1.165, 1.54) is 16.6 Å². The lowest BCUT2D eigenvalue weighted by Gasteiger charge is -2.37. The number of aryl methyl sites for hydroxylation is 2. The van der Waals surface area contributed by atoms with E-state index in [2.05, 4.69) is 42.3 Å². The number of carbonyl (C=O) groups is 1. The highest BCUT2D eigenvalue weighted by atomic mass is 16.1. The van der Waals surface area contributed by atoms with Gasteiger partial charge in [-0.1, -0.05) is 18.9 Å². The molecule has 4 N–H and O–H groups in total. The Morgan fingerprint density at radius 2 is 2.17 bits per heavy atom. The van der Waals surface area contributed by atoms with Crippen LogP contribution in [0.3, 0.4) is 0 Å². The Balaban J connectivity index is 1.70. The summed E-state index contributed by atoms with van der Waals surface area (Å²) in [6, 6.07) is 6.32. The normalized spacial score (nSPS) is 24.8. The van der Waals surface area contributed by atoms with Crippen LogP contribution in [0.25, 0.3) is 10.9 Å². The third kappa shape index (κ3) is 3.13. The van der Waals surface area contributed by atoms with E-state index in [0.29, 0.717) is 6.54 Å². The Hall–Kier alpha value is -1.81. The van der Waals surface area contributed by atoms with Crippen molar-refractivity contribution >= 4 is 16.8 Å². The summed E-state index contributed by atoms with van der Waals surface area (Å²) < 4.78 is 0. The Labute approximate surface area is 137 Å². The zero-order chi connectivity index (χ0) is 16.6. The van der Waals surface area contributed by atoms with E-state index in [4.69, 9.17) is 5.73 Å². The van der Waals surface area contributed by atoms with E-state index in [-0.39, 0.29) is 17.4 Å². The smallest absolute Gasteiger partial charge is 0.225 e. The molecule has 4 heteroatoms. The van der Waals surface area contributed by atoms with E-state index in [9.17, 15) is 4.79 Å². The number of hydrogen-bond donors (Lipinski definition) is 3. The third-order valence-corrected chi connectivity index (χ3v) is 5.41. The standard InChI is InChI=1S/C19H27N3O/c1-12-13(2)22-17-8-7-14(10-15(12)17)11-21-18(23)16-6-4-5-9-19(16,3)20/h7-8,10,16,22H,4-6,9,11,20H2,1-3H3,(H,21,23). The van der Waals surface area contributed by atoms with Gasteiger partial charge in [0.25, 0.3) is 0 Å². The Bertz CT molecular complexity index is 730. The highest BCUT2D eigenvalue weighted by Crippen LogP contribution is 2.31. The van der Waals surface area contributed by atoms with Crippen molar-refractivity contribution < 1.29 is 4.79 Å². The van der Waals surface area contributed by atoms with Crippen LogP contribution in [0.4, 0.5) is 0 Å². The van der Waals surface area contributed by atoms with Gasteiger partial charge in [0.2, 0.25) is 5.91 Å². The molecule has 3 rings (SSSR count). The largest absolute Gasteiger partial charge is 0.358 e. The van der Waals surface area contributed by atoms with Gasteiger partial charge < -0.3 is 16.0 Å². The molecule has 4 nitrogen and oxygen atoms in total. The highest BCUT2D eigenvalue weighted by Gasteiger charge is 2.37. The summed E-state index contributed by atoms with van der Waals surface area (Å²) in [5.74, 6) is 0.0213. The summed E-state index contributed by atoms with van der Waals surface area (Å²) in [7, 11) is 0. The van der Waals surface area contributed by atoms with Crippen molar-refractivity contribution in [1.82, 2.24) is 10.3 Å². The van der Waals surface area contributed by atoms with Crippen molar-refractivity contribution in [3.63, 3.8) is 0 Å². The van der Waals surface area contributed by atoms with Crippen LogP contribution in [0.1, 0.15) is 49.4 Å². The van der Waals surface area contributed by atoms with Gasteiger partial charge in [0.05, 0.1) is 5.92 Å². The van der Waals surface area contributed by atoms with Crippen LogP contribution in [0.15, 0.2) is 18.2 Å². The summed E-state index contributed by atoms with van der Waals surface area (Å²) in [6.07, 6.45) is 4.05. The minimum atomic E-state index is -0.374. The van der Waals surface area contributed by atoms with Crippen molar-refractivity contribution in [3.8, 4) is 0 Å². The SMILES string of the molecule is Cc1[nH]c2ccc(CNC(=O)C3CCCCC3(C)N)cc2c1C. The van der Waals surface area contributed by atoms with Gasteiger partial charge in [-0.15, -0.1) is 0 Å². The molecule has 2 unspecified atom stereocenters. The summed E-state index contributed by atoms with van der Waals surface area (Å²) in [4.78, 5) is 15.9. The van der Waals surface area contributed by atoms with Gasteiger partial charge in [-0.05, 0) is 56.9 Å². The summed E-state index contributed by atoms with van der Waals surface area (Å²) in [5, 5.41) is 4.32. The summed E-state index contributed by atoms with van der Waals surface area (Å²) >= 11 is 0. The molecule has 1 amide bonds. The Morgan fingerprint density at radius 3 is 2.91 bits per heavy atom. The first-order chi connectivity index (χ1) is 10.9. The summed E-state index contributed by atoms with van der Waals surface area (Å²) in [6.45, 7) is 6.78. The Kier molecular flexibility index (Phi) is 4.19. The number of H-pyrrole nitrogens is 1. The molecule has 0 radical (unpaired) electrons. The first-order valence-corrected chi connectivity index (χ1v) is 8.53. The van der Waals surface area contributed by atoms with Crippen molar-refractivity contribution in [2.45, 2.75) is 58.5 Å². The lowest BCUT2D eigenvalue weighted by molar-refractivity contribution is -0.128.